The fourth-order valence-corrected chi connectivity index (χ4v) is 1.79. The molecule has 0 aliphatic carbocycles. The van der Waals surface area contributed by atoms with E-state index < -0.39 is 5.97 Å². The highest BCUT2D eigenvalue weighted by atomic mass is 16.5. The highest BCUT2D eigenvalue weighted by Crippen LogP contribution is 2.09. The molecule has 2 rings (SSSR count). The van der Waals surface area contributed by atoms with Crippen molar-refractivity contribution in [3.63, 3.8) is 0 Å². The van der Waals surface area contributed by atoms with Gasteiger partial charge in [-0.3, -0.25) is 0 Å². The average molecular weight is 274 g/mol. The van der Waals surface area contributed by atoms with Crippen molar-refractivity contribution in [2.75, 3.05) is 18.5 Å². The van der Waals surface area contributed by atoms with Gasteiger partial charge in [-0.1, -0.05) is 30.3 Å². The smallest absolute Gasteiger partial charge is 0.360 e. The predicted molar refractivity (Wildman–Crippen MR) is 75.7 cm³/mol. The summed E-state index contributed by atoms with van der Waals surface area (Å²) < 4.78 is 10.00. The van der Waals surface area contributed by atoms with Crippen molar-refractivity contribution in [2.24, 2.45) is 0 Å². The van der Waals surface area contributed by atoms with Crippen molar-refractivity contribution >= 4 is 12.0 Å². The standard InChI is InChI=1S/C15H18N2O3/c1-2-19-14(18)13-11-20-15(17-13)16-10-6-9-12-7-4-3-5-8-12/h3-5,7-8,11H,2,6,9-10H2,1H3,(H,16,17). The summed E-state index contributed by atoms with van der Waals surface area (Å²) in [7, 11) is 0. The molecule has 5 heteroatoms. The number of nitrogens with zero attached hydrogens (tertiary/aromatic N) is 1. The maximum Gasteiger partial charge on any atom is 0.360 e. The Hall–Kier alpha value is -2.30. The number of ether oxygens (including phenoxy) is 1. The van der Waals surface area contributed by atoms with Crippen LogP contribution in [0.3, 0.4) is 0 Å². The van der Waals surface area contributed by atoms with Crippen molar-refractivity contribution in [3.8, 4) is 0 Å². The molecule has 0 unspecified atom stereocenters. The minimum Gasteiger partial charge on any atom is -0.461 e. The number of anilines is 1. The number of aryl methyl sites for hydroxylation is 1. The zero-order chi connectivity index (χ0) is 14.2. The van der Waals surface area contributed by atoms with Crippen LogP contribution in [0.1, 0.15) is 29.4 Å². The summed E-state index contributed by atoms with van der Waals surface area (Å²) in [6.45, 7) is 2.81. The first-order valence-electron chi connectivity index (χ1n) is 6.70. The van der Waals surface area contributed by atoms with Crippen LogP contribution in [-0.4, -0.2) is 24.1 Å². The van der Waals surface area contributed by atoms with Gasteiger partial charge in [-0.05, 0) is 25.3 Å². The quantitative estimate of drug-likeness (QED) is 0.621. The predicted octanol–water partition coefficient (Wildman–Crippen LogP) is 2.90. The van der Waals surface area contributed by atoms with E-state index in [9.17, 15) is 4.79 Å². The number of hydrogen-bond acceptors (Lipinski definition) is 5. The number of benzene rings is 1. The highest BCUT2D eigenvalue weighted by molar-refractivity contribution is 5.87. The Morgan fingerprint density at radius 2 is 2.15 bits per heavy atom. The number of nitrogens with one attached hydrogen (secondary N) is 1. The summed E-state index contributed by atoms with van der Waals surface area (Å²) in [5.74, 6) is -0.464. The van der Waals surface area contributed by atoms with Crippen molar-refractivity contribution in [2.45, 2.75) is 19.8 Å². The molecule has 2 aromatic rings. The molecule has 0 saturated heterocycles. The van der Waals surface area contributed by atoms with Gasteiger partial charge >= 0.3 is 5.97 Å². The molecule has 1 N–H and O–H groups in total. The molecule has 0 saturated carbocycles. The van der Waals surface area contributed by atoms with Gasteiger partial charge in [0.25, 0.3) is 6.01 Å². The molecule has 5 nitrogen and oxygen atoms in total. The van der Waals surface area contributed by atoms with E-state index in [2.05, 4.69) is 22.4 Å². The Balaban J connectivity index is 1.73. The van der Waals surface area contributed by atoms with Crippen molar-refractivity contribution in [1.29, 1.82) is 0 Å². The minimum absolute atomic E-state index is 0.192. The van der Waals surface area contributed by atoms with E-state index in [1.54, 1.807) is 6.92 Å². The maximum absolute atomic E-state index is 11.4. The zero-order valence-corrected chi connectivity index (χ0v) is 11.5. The Kier molecular flexibility index (Phi) is 5.17. The first kappa shape index (κ1) is 14.1. The average Bonchev–Trinajstić information content (AvgIpc) is 2.94. The molecule has 106 valence electrons. The lowest BCUT2D eigenvalue weighted by Crippen LogP contribution is -2.06. The first-order chi connectivity index (χ1) is 9.79. The molecular weight excluding hydrogens is 256 g/mol. The summed E-state index contributed by atoms with van der Waals surface area (Å²) in [6, 6.07) is 10.6. The van der Waals surface area contributed by atoms with Gasteiger partial charge in [0.1, 0.15) is 6.26 Å². The van der Waals surface area contributed by atoms with E-state index in [-0.39, 0.29) is 5.69 Å². The van der Waals surface area contributed by atoms with Gasteiger partial charge in [-0.25, -0.2) is 4.79 Å². The van der Waals surface area contributed by atoms with E-state index >= 15 is 0 Å². The lowest BCUT2D eigenvalue weighted by molar-refractivity contribution is 0.0519. The van der Waals surface area contributed by atoms with Gasteiger partial charge in [-0.2, -0.15) is 4.98 Å². The summed E-state index contributed by atoms with van der Waals surface area (Å²) in [5.41, 5.74) is 1.49. The Morgan fingerprint density at radius 3 is 2.90 bits per heavy atom. The number of oxazole rings is 1. The van der Waals surface area contributed by atoms with Crippen LogP contribution >= 0.6 is 0 Å². The first-order valence-corrected chi connectivity index (χ1v) is 6.70. The van der Waals surface area contributed by atoms with E-state index in [1.807, 2.05) is 18.2 Å². The number of carbonyl (C=O) groups is 1. The van der Waals surface area contributed by atoms with Gasteiger partial charge in [0.05, 0.1) is 6.61 Å². The van der Waals surface area contributed by atoms with Crippen LogP contribution in [-0.2, 0) is 11.2 Å². The minimum atomic E-state index is -0.464. The van der Waals surface area contributed by atoms with E-state index in [0.717, 1.165) is 19.4 Å². The number of hydrogen-bond donors (Lipinski definition) is 1. The zero-order valence-electron chi connectivity index (χ0n) is 11.5. The van der Waals surface area contributed by atoms with Gasteiger partial charge in [-0.15, -0.1) is 0 Å². The molecule has 0 atom stereocenters. The summed E-state index contributed by atoms with van der Waals surface area (Å²) >= 11 is 0. The third kappa shape index (κ3) is 4.12. The Labute approximate surface area is 118 Å². The molecule has 0 amide bonds. The van der Waals surface area contributed by atoms with Gasteiger partial charge in [0.2, 0.25) is 0 Å². The van der Waals surface area contributed by atoms with E-state index in [0.29, 0.717) is 12.6 Å². The van der Waals surface area contributed by atoms with Crippen LogP contribution in [0.4, 0.5) is 6.01 Å². The molecule has 1 aromatic carbocycles. The molecule has 0 spiro atoms. The lowest BCUT2D eigenvalue weighted by Gasteiger charge is -2.02. The summed E-state index contributed by atoms with van der Waals surface area (Å²) in [6.07, 6.45) is 3.25. The number of aromatic nitrogens is 1. The largest absolute Gasteiger partial charge is 0.461 e. The van der Waals surface area contributed by atoms with Crippen LogP contribution in [0.25, 0.3) is 0 Å². The normalized spacial score (nSPS) is 10.2. The van der Waals surface area contributed by atoms with Crippen LogP contribution in [0.15, 0.2) is 41.0 Å². The van der Waals surface area contributed by atoms with E-state index in [4.69, 9.17) is 9.15 Å². The second kappa shape index (κ2) is 7.33. The van der Waals surface area contributed by atoms with Gasteiger partial charge in [0, 0.05) is 6.54 Å². The number of esters is 1. The third-order valence-electron chi connectivity index (χ3n) is 2.75. The topological polar surface area (TPSA) is 64.4 Å². The SMILES string of the molecule is CCOC(=O)c1coc(NCCCc2ccccc2)n1. The Morgan fingerprint density at radius 1 is 1.35 bits per heavy atom. The second-order valence-electron chi connectivity index (χ2n) is 4.27. The molecule has 0 fully saturated rings. The Bertz CT molecular complexity index is 537. The van der Waals surface area contributed by atoms with Crippen LogP contribution in [0, 0.1) is 0 Å². The van der Waals surface area contributed by atoms with Crippen LogP contribution in [0.2, 0.25) is 0 Å². The third-order valence-corrected chi connectivity index (χ3v) is 2.75. The monoisotopic (exact) mass is 274 g/mol. The molecule has 1 heterocycles. The van der Waals surface area contributed by atoms with Gasteiger partial charge in [0.15, 0.2) is 5.69 Å². The molecular formula is C15H18N2O3. The maximum atomic E-state index is 11.4. The molecule has 1 aromatic heterocycles. The highest BCUT2D eigenvalue weighted by Gasteiger charge is 2.12. The molecule has 0 bridgehead atoms. The van der Waals surface area contributed by atoms with Crippen LogP contribution in [0.5, 0.6) is 0 Å². The van der Waals surface area contributed by atoms with Gasteiger partial charge < -0.3 is 14.5 Å². The molecule has 0 aliphatic rings. The fourth-order valence-electron chi connectivity index (χ4n) is 1.79. The number of rotatable bonds is 7. The molecule has 0 aliphatic heterocycles. The van der Waals surface area contributed by atoms with Crippen molar-refractivity contribution in [1.82, 2.24) is 4.98 Å². The van der Waals surface area contributed by atoms with Crippen molar-refractivity contribution in [3.05, 3.63) is 47.9 Å². The summed E-state index contributed by atoms with van der Waals surface area (Å²) in [4.78, 5) is 15.4. The van der Waals surface area contributed by atoms with Crippen molar-refractivity contribution < 1.29 is 13.9 Å². The molecule has 20 heavy (non-hydrogen) atoms. The molecule has 0 radical (unpaired) electrons. The van der Waals surface area contributed by atoms with E-state index in [1.165, 1.54) is 11.8 Å². The van der Waals surface area contributed by atoms with Crippen LogP contribution < -0.4 is 5.32 Å². The lowest BCUT2D eigenvalue weighted by atomic mass is 10.1. The fraction of sp³-hybridized carbons (Fsp3) is 0.333. The number of carbonyl (C=O) groups excluding carboxylic acids is 1. The summed E-state index contributed by atoms with van der Waals surface area (Å²) in [5, 5.41) is 3.05. The second-order valence-corrected chi connectivity index (χ2v) is 4.27.